The van der Waals surface area contributed by atoms with Crippen molar-refractivity contribution in [2.24, 2.45) is 5.92 Å². The van der Waals surface area contributed by atoms with E-state index in [0.29, 0.717) is 18.4 Å². The number of amides is 1. The number of aromatic nitrogens is 2. The van der Waals surface area contributed by atoms with Crippen molar-refractivity contribution in [3.63, 3.8) is 0 Å². The van der Waals surface area contributed by atoms with Gasteiger partial charge >= 0.3 is 0 Å². The molecular weight excluding hydrogens is 292 g/mol. The van der Waals surface area contributed by atoms with Crippen LogP contribution in [0.1, 0.15) is 45.2 Å². The highest BCUT2D eigenvalue weighted by Gasteiger charge is 2.19. The van der Waals surface area contributed by atoms with Gasteiger partial charge < -0.3 is 15.0 Å². The van der Waals surface area contributed by atoms with Crippen LogP contribution in [-0.4, -0.2) is 42.1 Å². The maximum atomic E-state index is 11.7. The highest BCUT2D eigenvalue weighted by molar-refractivity contribution is 5.77. The van der Waals surface area contributed by atoms with Crippen molar-refractivity contribution >= 4 is 11.9 Å². The van der Waals surface area contributed by atoms with Crippen LogP contribution in [-0.2, 0) is 4.79 Å². The number of carbonyl (C=O) groups is 1. The molecule has 23 heavy (non-hydrogen) atoms. The van der Waals surface area contributed by atoms with Gasteiger partial charge in [-0.3, -0.25) is 4.79 Å². The van der Waals surface area contributed by atoms with E-state index in [-0.39, 0.29) is 12.5 Å². The van der Waals surface area contributed by atoms with Crippen LogP contribution < -0.4 is 15.0 Å². The highest BCUT2D eigenvalue weighted by atomic mass is 16.5. The summed E-state index contributed by atoms with van der Waals surface area (Å²) in [4.78, 5) is 22.9. The molecular formula is C17H28N4O2. The third kappa shape index (κ3) is 5.69. The van der Waals surface area contributed by atoms with Gasteiger partial charge in [0.1, 0.15) is 0 Å². The molecule has 6 nitrogen and oxygen atoms in total. The molecule has 0 saturated carbocycles. The quantitative estimate of drug-likeness (QED) is 0.781. The van der Waals surface area contributed by atoms with Crippen molar-refractivity contribution in [3.05, 3.63) is 11.8 Å². The fraction of sp³-hybridized carbons (Fsp3) is 0.706. The fourth-order valence-corrected chi connectivity index (χ4v) is 2.54. The van der Waals surface area contributed by atoms with Crippen LogP contribution in [0, 0.1) is 12.8 Å². The minimum Gasteiger partial charge on any atom is -0.467 e. The maximum absolute atomic E-state index is 11.7. The molecule has 0 radical (unpaired) electrons. The minimum atomic E-state index is -0.108. The number of nitrogens with one attached hydrogen (secondary N) is 1. The first-order valence-corrected chi connectivity index (χ1v) is 8.58. The lowest BCUT2D eigenvalue weighted by molar-refractivity contribution is -0.123. The molecule has 0 aliphatic carbocycles. The Bertz CT molecular complexity index is 513. The van der Waals surface area contributed by atoms with E-state index in [1.54, 1.807) is 6.07 Å². The van der Waals surface area contributed by atoms with Gasteiger partial charge in [0.15, 0.2) is 6.61 Å². The largest absolute Gasteiger partial charge is 0.467 e. The molecule has 1 aliphatic heterocycles. The average Bonchev–Trinajstić information content (AvgIpc) is 2.53. The zero-order chi connectivity index (χ0) is 16.7. The minimum absolute atomic E-state index is 0.00333. The van der Waals surface area contributed by atoms with E-state index in [1.165, 1.54) is 0 Å². The Kier molecular flexibility index (Phi) is 6.62. The van der Waals surface area contributed by atoms with Gasteiger partial charge in [0.25, 0.3) is 5.91 Å². The summed E-state index contributed by atoms with van der Waals surface area (Å²) in [6.45, 7) is 8.93. The second kappa shape index (κ2) is 8.70. The Balaban J connectivity index is 1.91. The van der Waals surface area contributed by atoms with Gasteiger partial charge in [0.05, 0.1) is 0 Å². The smallest absolute Gasteiger partial charge is 0.258 e. The summed E-state index contributed by atoms with van der Waals surface area (Å²) in [6, 6.07) is 1.77. The molecule has 1 aliphatic rings. The first-order valence-electron chi connectivity index (χ1n) is 8.58. The number of hydrogen-bond acceptors (Lipinski definition) is 5. The van der Waals surface area contributed by atoms with Crippen molar-refractivity contribution < 1.29 is 9.53 Å². The molecule has 128 valence electrons. The van der Waals surface area contributed by atoms with E-state index in [4.69, 9.17) is 4.74 Å². The predicted molar refractivity (Wildman–Crippen MR) is 90.8 cm³/mol. The van der Waals surface area contributed by atoms with Crippen LogP contribution in [0.5, 0.6) is 5.88 Å². The first-order chi connectivity index (χ1) is 11.1. The summed E-state index contributed by atoms with van der Waals surface area (Å²) in [5, 5.41) is 2.83. The van der Waals surface area contributed by atoms with E-state index in [2.05, 4.69) is 34.0 Å². The molecule has 0 atom stereocenters. The van der Waals surface area contributed by atoms with Gasteiger partial charge in [-0.05, 0) is 32.1 Å². The fourth-order valence-electron chi connectivity index (χ4n) is 2.54. The third-order valence-corrected chi connectivity index (χ3v) is 4.09. The molecule has 2 heterocycles. The standard InChI is InChI=1S/C17H28N4O2/c1-4-5-8-18-15(22)12-23-16-11-14(3)19-17(20-16)21-9-6-13(2)7-10-21/h11,13H,4-10,12H2,1-3H3,(H,18,22). The Morgan fingerprint density at radius 1 is 1.39 bits per heavy atom. The molecule has 1 aromatic heterocycles. The number of ether oxygens (including phenoxy) is 1. The SMILES string of the molecule is CCCCNC(=O)COc1cc(C)nc(N2CCC(C)CC2)n1. The third-order valence-electron chi connectivity index (χ3n) is 4.09. The molecule has 0 aromatic carbocycles. The van der Waals surface area contributed by atoms with Crippen LogP contribution >= 0.6 is 0 Å². The monoisotopic (exact) mass is 320 g/mol. The highest BCUT2D eigenvalue weighted by Crippen LogP contribution is 2.22. The Morgan fingerprint density at radius 3 is 2.83 bits per heavy atom. The molecule has 0 unspecified atom stereocenters. The Hall–Kier alpha value is -1.85. The zero-order valence-corrected chi connectivity index (χ0v) is 14.5. The number of carbonyl (C=O) groups excluding carboxylic acids is 1. The van der Waals surface area contributed by atoms with E-state index in [1.807, 2.05) is 6.92 Å². The van der Waals surface area contributed by atoms with Crippen molar-refractivity contribution in [3.8, 4) is 5.88 Å². The lowest BCUT2D eigenvalue weighted by Gasteiger charge is -2.30. The zero-order valence-electron chi connectivity index (χ0n) is 14.5. The molecule has 1 N–H and O–H groups in total. The lowest BCUT2D eigenvalue weighted by atomic mass is 10.00. The molecule has 1 fully saturated rings. The second-order valence-corrected chi connectivity index (χ2v) is 6.31. The normalized spacial score (nSPS) is 15.5. The van der Waals surface area contributed by atoms with Crippen LogP contribution in [0.3, 0.4) is 0 Å². The lowest BCUT2D eigenvalue weighted by Crippen LogP contribution is -2.34. The van der Waals surface area contributed by atoms with Gasteiger partial charge in [-0.2, -0.15) is 4.98 Å². The molecule has 1 saturated heterocycles. The molecule has 6 heteroatoms. The van der Waals surface area contributed by atoms with Crippen LogP contribution in [0.4, 0.5) is 5.95 Å². The van der Waals surface area contributed by atoms with E-state index >= 15 is 0 Å². The van der Waals surface area contributed by atoms with Crippen LogP contribution in [0.25, 0.3) is 0 Å². The van der Waals surface area contributed by atoms with Crippen molar-refractivity contribution in [1.82, 2.24) is 15.3 Å². The number of aryl methyl sites for hydroxylation is 1. The topological polar surface area (TPSA) is 67.3 Å². The Labute approximate surface area is 138 Å². The second-order valence-electron chi connectivity index (χ2n) is 6.31. The molecule has 1 amide bonds. The summed E-state index contributed by atoms with van der Waals surface area (Å²) in [5.74, 6) is 1.83. The van der Waals surface area contributed by atoms with Crippen molar-refractivity contribution in [1.29, 1.82) is 0 Å². The van der Waals surface area contributed by atoms with Crippen LogP contribution in [0.2, 0.25) is 0 Å². The summed E-state index contributed by atoms with van der Waals surface area (Å²) >= 11 is 0. The van der Waals surface area contributed by atoms with E-state index in [9.17, 15) is 4.79 Å². The number of unbranched alkanes of at least 4 members (excludes halogenated alkanes) is 1. The van der Waals surface area contributed by atoms with Gasteiger partial charge in [0.2, 0.25) is 11.8 Å². The summed E-state index contributed by atoms with van der Waals surface area (Å²) in [7, 11) is 0. The van der Waals surface area contributed by atoms with Gasteiger partial charge in [-0.25, -0.2) is 4.98 Å². The summed E-state index contributed by atoms with van der Waals surface area (Å²) in [5.41, 5.74) is 0.856. The maximum Gasteiger partial charge on any atom is 0.258 e. The predicted octanol–water partition coefficient (Wildman–Crippen LogP) is 2.32. The first kappa shape index (κ1) is 17.5. The molecule has 2 rings (SSSR count). The molecule has 1 aromatic rings. The van der Waals surface area contributed by atoms with E-state index in [0.717, 1.165) is 50.4 Å². The van der Waals surface area contributed by atoms with Gasteiger partial charge in [-0.1, -0.05) is 20.3 Å². The molecule has 0 bridgehead atoms. The van der Waals surface area contributed by atoms with Crippen molar-refractivity contribution in [2.75, 3.05) is 31.1 Å². The number of piperidine rings is 1. The number of rotatable bonds is 7. The Morgan fingerprint density at radius 2 is 2.13 bits per heavy atom. The summed E-state index contributed by atoms with van der Waals surface area (Å²) in [6.07, 6.45) is 4.36. The average molecular weight is 320 g/mol. The number of hydrogen-bond donors (Lipinski definition) is 1. The number of anilines is 1. The van der Waals surface area contributed by atoms with Gasteiger partial charge in [0, 0.05) is 31.4 Å². The van der Waals surface area contributed by atoms with Crippen LogP contribution in [0.15, 0.2) is 6.07 Å². The van der Waals surface area contributed by atoms with Crippen molar-refractivity contribution in [2.45, 2.75) is 46.5 Å². The molecule has 0 spiro atoms. The van der Waals surface area contributed by atoms with E-state index < -0.39 is 0 Å². The number of nitrogens with zero attached hydrogens (tertiary/aromatic N) is 3. The van der Waals surface area contributed by atoms with Gasteiger partial charge in [-0.15, -0.1) is 0 Å². The summed E-state index contributed by atoms with van der Waals surface area (Å²) < 4.78 is 5.54.